The maximum atomic E-state index is 10.6. The molecule has 0 aliphatic carbocycles. The molecule has 0 radical (unpaired) electrons. The minimum atomic E-state index is -0.985. The summed E-state index contributed by atoms with van der Waals surface area (Å²) in [4.78, 5) is 10.6. The van der Waals surface area contributed by atoms with Crippen molar-refractivity contribution in [1.29, 1.82) is 0 Å². The summed E-state index contributed by atoms with van der Waals surface area (Å²) in [7, 11) is 0. The van der Waals surface area contributed by atoms with Crippen molar-refractivity contribution in [3.05, 3.63) is 33.8 Å². The van der Waals surface area contributed by atoms with Crippen LogP contribution in [0.5, 0.6) is 0 Å². The molecule has 0 bridgehead atoms. The smallest absolute Gasteiger partial charge is 0.305 e. The quantitative estimate of drug-likeness (QED) is 0.796. The molecule has 4 nitrogen and oxygen atoms in total. The number of nitrogens with two attached hydrogens (primary N) is 1. The average molecular weight is 302 g/mol. The highest BCUT2D eigenvalue weighted by Crippen LogP contribution is 2.27. The van der Waals surface area contributed by atoms with Crippen LogP contribution < -0.4 is 5.73 Å². The lowest BCUT2D eigenvalue weighted by molar-refractivity contribution is -0.137. The van der Waals surface area contributed by atoms with Gasteiger partial charge in [0.05, 0.1) is 12.0 Å². The molecule has 1 rings (SSSR count). The SMILES string of the molecule is CC(C)(O)c1cc(Br)cc([C@@H](N)CC(=O)O)c1. The van der Waals surface area contributed by atoms with E-state index in [9.17, 15) is 9.90 Å². The topological polar surface area (TPSA) is 83.5 Å². The molecule has 0 heterocycles. The van der Waals surface area contributed by atoms with Gasteiger partial charge in [0.15, 0.2) is 0 Å². The Morgan fingerprint density at radius 1 is 1.47 bits per heavy atom. The highest BCUT2D eigenvalue weighted by molar-refractivity contribution is 9.10. The number of hydrogen-bond acceptors (Lipinski definition) is 3. The molecule has 0 fully saturated rings. The van der Waals surface area contributed by atoms with Crippen LogP contribution in [-0.2, 0) is 10.4 Å². The van der Waals surface area contributed by atoms with Crippen molar-refractivity contribution in [3.8, 4) is 0 Å². The van der Waals surface area contributed by atoms with Crippen molar-refractivity contribution in [1.82, 2.24) is 0 Å². The Kier molecular flexibility index (Phi) is 4.30. The molecule has 0 aliphatic heterocycles. The highest BCUT2D eigenvalue weighted by Gasteiger charge is 2.19. The normalized spacial score (nSPS) is 13.5. The van der Waals surface area contributed by atoms with Crippen LogP contribution in [0.4, 0.5) is 0 Å². The fraction of sp³-hybridized carbons (Fsp3) is 0.417. The fourth-order valence-corrected chi connectivity index (χ4v) is 2.00. The van der Waals surface area contributed by atoms with E-state index in [2.05, 4.69) is 15.9 Å². The van der Waals surface area contributed by atoms with Crippen LogP contribution in [-0.4, -0.2) is 16.2 Å². The van der Waals surface area contributed by atoms with E-state index >= 15 is 0 Å². The number of carboxylic acids is 1. The molecule has 0 saturated heterocycles. The second-order valence-corrected chi connectivity index (χ2v) is 5.45. The van der Waals surface area contributed by atoms with E-state index in [1.807, 2.05) is 0 Å². The molecule has 1 aromatic carbocycles. The van der Waals surface area contributed by atoms with Crippen molar-refractivity contribution in [2.24, 2.45) is 5.73 Å². The van der Waals surface area contributed by atoms with Crippen molar-refractivity contribution >= 4 is 21.9 Å². The van der Waals surface area contributed by atoms with Crippen molar-refractivity contribution in [3.63, 3.8) is 0 Å². The Balaban J connectivity index is 3.09. The number of benzene rings is 1. The maximum absolute atomic E-state index is 10.6. The van der Waals surface area contributed by atoms with E-state index in [0.29, 0.717) is 11.1 Å². The monoisotopic (exact) mass is 301 g/mol. The van der Waals surface area contributed by atoms with Gasteiger partial charge in [-0.2, -0.15) is 0 Å². The predicted octanol–water partition coefficient (Wildman–Crippen LogP) is 2.15. The molecular weight excluding hydrogens is 286 g/mol. The standard InChI is InChI=1S/C12H16BrNO3/c1-12(2,17)8-3-7(4-9(13)5-8)10(14)6-11(15)16/h3-5,10,17H,6,14H2,1-2H3,(H,15,16)/t10-/m0/s1. The molecule has 17 heavy (non-hydrogen) atoms. The van der Waals surface area contributed by atoms with Gasteiger partial charge in [-0.05, 0) is 37.1 Å². The summed E-state index contributed by atoms with van der Waals surface area (Å²) in [6.45, 7) is 3.34. The fourth-order valence-electron chi connectivity index (χ4n) is 1.49. The van der Waals surface area contributed by atoms with Gasteiger partial charge in [0.2, 0.25) is 0 Å². The number of halogens is 1. The summed E-state index contributed by atoms with van der Waals surface area (Å²) in [6, 6.07) is 4.71. The molecule has 5 heteroatoms. The largest absolute Gasteiger partial charge is 0.481 e. The number of carboxylic acid groups (broad SMARTS) is 1. The number of hydrogen-bond donors (Lipinski definition) is 3. The van der Waals surface area contributed by atoms with Gasteiger partial charge >= 0.3 is 5.97 Å². The molecular formula is C12H16BrNO3. The number of carbonyl (C=O) groups is 1. The molecule has 94 valence electrons. The van der Waals surface area contributed by atoms with Gasteiger partial charge < -0.3 is 15.9 Å². The van der Waals surface area contributed by atoms with Crippen LogP contribution >= 0.6 is 15.9 Å². The van der Waals surface area contributed by atoms with Gasteiger partial charge in [0.25, 0.3) is 0 Å². The first-order valence-corrected chi connectivity index (χ1v) is 6.00. The first-order valence-electron chi connectivity index (χ1n) is 5.21. The minimum Gasteiger partial charge on any atom is -0.481 e. The molecule has 4 N–H and O–H groups in total. The van der Waals surface area contributed by atoms with Crippen LogP contribution in [0.15, 0.2) is 22.7 Å². The van der Waals surface area contributed by atoms with E-state index in [-0.39, 0.29) is 6.42 Å². The van der Waals surface area contributed by atoms with Crippen LogP contribution in [0.2, 0.25) is 0 Å². The van der Waals surface area contributed by atoms with Crippen molar-refractivity contribution in [2.45, 2.75) is 31.9 Å². The van der Waals surface area contributed by atoms with Gasteiger partial charge in [-0.1, -0.05) is 22.0 Å². The Hall–Kier alpha value is -0.910. The predicted molar refractivity (Wildman–Crippen MR) is 68.6 cm³/mol. The Morgan fingerprint density at radius 2 is 2.06 bits per heavy atom. The van der Waals surface area contributed by atoms with Crippen LogP contribution in [0, 0.1) is 0 Å². The zero-order chi connectivity index (χ0) is 13.2. The van der Waals surface area contributed by atoms with Gasteiger partial charge in [0.1, 0.15) is 0 Å². The van der Waals surface area contributed by atoms with E-state index < -0.39 is 17.6 Å². The van der Waals surface area contributed by atoms with Crippen molar-refractivity contribution in [2.75, 3.05) is 0 Å². The Labute approximate surface area is 109 Å². The van der Waals surface area contributed by atoms with Crippen molar-refractivity contribution < 1.29 is 15.0 Å². The lowest BCUT2D eigenvalue weighted by atomic mass is 9.94. The summed E-state index contributed by atoms with van der Waals surface area (Å²) in [5, 5.41) is 18.6. The first kappa shape index (κ1) is 14.2. The second kappa shape index (κ2) is 5.16. The van der Waals surface area contributed by atoms with E-state index in [4.69, 9.17) is 10.8 Å². The second-order valence-electron chi connectivity index (χ2n) is 4.54. The lowest BCUT2D eigenvalue weighted by Gasteiger charge is -2.20. The summed E-state index contributed by atoms with van der Waals surface area (Å²) in [5.41, 5.74) is 6.20. The van der Waals surface area contributed by atoms with E-state index in [1.165, 1.54) is 0 Å². The molecule has 0 unspecified atom stereocenters. The first-order chi connectivity index (χ1) is 7.70. The van der Waals surface area contributed by atoms with Crippen LogP contribution in [0.25, 0.3) is 0 Å². The summed E-state index contributed by atoms with van der Waals surface area (Å²) in [5.74, 6) is -0.942. The van der Waals surface area contributed by atoms with E-state index in [1.54, 1.807) is 32.0 Å². The zero-order valence-corrected chi connectivity index (χ0v) is 11.4. The van der Waals surface area contributed by atoms with Crippen LogP contribution in [0.3, 0.4) is 0 Å². The molecule has 1 aromatic rings. The van der Waals surface area contributed by atoms with Crippen LogP contribution in [0.1, 0.15) is 37.4 Å². The summed E-state index contributed by atoms with van der Waals surface area (Å²) in [6.07, 6.45) is -0.137. The zero-order valence-electron chi connectivity index (χ0n) is 9.77. The van der Waals surface area contributed by atoms with Gasteiger partial charge in [0, 0.05) is 10.5 Å². The number of aliphatic hydroxyl groups is 1. The highest BCUT2D eigenvalue weighted by atomic mass is 79.9. The third-order valence-electron chi connectivity index (χ3n) is 2.45. The molecule has 0 aliphatic rings. The van der Waals surface area contributed by atoms with E-state index in [0.717, 1.165) is 4.47 Å². The maximum Gasteiger partial charge on any atom is 0.305 e. The molecule has 0 spiro atoms. The average Bonchev–Trinajstić information content (AvgIpc) is 2.14. The third-order valence-corrected chi connectivity index (χ3v) is 2.91. The molecule has 0 amide bonds. The molecule has 0 aromatic heterocycles. The Morgan fingerprint density at radius 3 is 2.53 bits per heavy atom. The summed E-state index contributed by atoms with van der Waals surface area (Å²) < 4.78 is 0.771. The summed E-state index contributed by atoms with van der Waals surface area (Å²) >= 11 is 3.33. The van der Waals surface area contributed by atoms with Gasteiger partial charge in [-0.25, -0.2) is 0 Å². The minimum absolute atomic E-state index is 0.137. The number of aliphatic carboxylic acids is 1. The van der Waals surface area contributed by atoms with Gasteiger partial charge in [-0.15, -0.1) is 0 Å². The molecule has 0 saturated carbocycles. The lowest BCUT2D eigenvalue weighted by Crippen LogP contribution is -2.19. The number of rotatable bonds is 4. The Bertz CT molecular complexity index is 426. The van der Waals surface area contributed by atoms with Gasteiger partial charge in [-0.3, -0.25) is 4.79 Å². The third kappa shape index (κ3) is 4.11. The molecule has 1 atom stereocenters.